The number of hydrogen-bond donors (Lipinski definition) is 1. The minimum atomic E-state index is -0.836. The Kier molecular flexibility index (Phi) is 5.12. The topological polar surface area (TPSA) is 124 Å². The number of aromatic nitrogens is 6. The monoisotopic (exact) mass is 454 g/mol. The second kappa shape index (κ2) is 8.26. The van der Waals surface area contributed by atoms with E-state index in [9.17, 15) is 13.6 Å². The number of carbonyl (C=O) groups excluding carboxylic acids is 1. The molecule has 1 aliphatic heterocycles. The Morgan fingerprint density at radius 2 is 2.03 bits per heavy atom. The van der Waals surface area contributed by atoms with Crippen LogP contribution in [0.25, 0.3) is 22.6 Å². The predicted molar refractivity (Wildman–Crippen MR) is 110 cm³/mol. The summed E-state index contributed by atoms with van der Waals surface area (Å²) in [6.07, 6.45) is 1.50. The summed E-state index contributed by atoms with van der Waals surface area (Å²) in [7, 11) is 1.65. The van der Waals surface area contributed by atoms with Crippen molar-refractivity contribution in [3.05, 3.63) is 54.4 Å². The summed E-state index contributed by atoms with van der Waals surface area (Å²) in [4.78, 5) is 17.6. The average Bonchev–Trinajstić information content (AvgIpc) is 3.54. The minimum absolute atomic E-state index is 0.0532. The highest BCUT2D eigenvalue weighted by molar-refractivity contribution is 5.90. The first kappa shape index (κ1) is 20.5. The minimum Gasteiger partial charge on any atom is -0.442 e. The van der Waals surface area contributed by atoms with E-state index in [-0.39, 0.29) is 29.9 Å². The van der Waals surface area contributed by atoms with Gasteiger partial charge in [0.1, 0.15) is 29.7 Å². The molecule has 0 aliphatic carbocycles. The van der Waals surface area contributed by atoms with Crippen LogP contribution >= 0.6 is 0 Å². The number of ether oxygens (including phenoxy) is 1. The van der Waals surface area contributed by atoms with Crippen molar-refractivity contribution >= 4 is 17.6 Å². The molecule has 0 bridgehead atoms. The van der Waals surface area contributed by atoms with Crippen molar-refractivity contribution < 1.29 is 22.8 Å². The van der Waals surface area contributed by atoms with Crippen LogP contribution in [0.3, 0.4) is 0 Å². The van der Waals surface area contributed by atoms with Crippen molar-refractivity contribution in [2.24, 2.45) is 7.05 Å². The lowest BCUT2D eigenvalue weighted by Gasteiger charge is -2.15. The van der Waals surface area contributed by atoms with Crippen molar-refractivity contribution in [2.45, 2.75) is 6.10 Å². The lowest BCUT2D eigenvalue weighted by atomic mass is 10.0. The molecule has 5 rings (SSSR count). The highest BCUT2D eigenvalue weighted by Crippen LogP contribution is 2.32. The number of halogens is 2. The third kappa shape index (κ3) is 3.95. The van der Waals surface area contributed by atoms with Crippen LogP contribution in [0.15, 0.2) is 47.3 Å². The summed E-state index contributed by atoms with van der Waals surface area (Å²) >= 11 is 0. The van der Waals surface area contributed by atoms with Gasteiger partial charge in [-0.1, -0.05) is 11.2 Å². The number of benzene rings is 1. The third-order valence-corrected chi connectivity index (χ3v) is 5.06. The zero-order chi connectivity index (χ0) is 22.9. The predicted octanol–water partition coefficient (Wildman–Crippen LogP) is 2.64. The van der Waals surface area contributed by atoms with Gasteiger partial charge < -0.3 is 14.6 Å². The van der Waals surface area contributed by atoms with Gasteiger partial charge in [0.2, 0.25) is 0 Å². The first-order chi connectivity index (χ1) is 16.0. The van der Waals surface area contributed by atoms with E-state index in [1.54, 1.807) is 19.2 Å². The highest BCUT2D eigenvalue weighted by Gasteiger charge is 2.33. The number of rotatable bonds is 6. The molecule has 1 aromatic carbocycles. The van der Waals surface area contributed by atoms with Crippen LogP contribution in [0, 0.1) is 11.6 Å². The molecular formula is C20H16F2N8O3. The maximum absolute atomic E-state index is 14.9. The molecule has 11 nitrogen and oxygen atoms in total. The summed E-state index contributed by atoms with van der Waals surface area (Å²) in [6.45, 7) is 0.376. The molecule has 1 saturated heterocycles. The van der Waals surface area contributed by atoms with Crippen LogP contribution in [0.5, 0.6) is 0 Å². The van der Waals surface area contributed by atoms with Crippen LogP contribution in [0.1, 0.15) is 0 Å². The van der Waals surface area contributed by atoms with Gasteiger partial charge in [-0.25, -0.2) is 18.3 Å². The third-order valence-electron chi connectivity index (χ3n) is 5.06. The maximum Gasteiger partial charge on any atom is 0.414 e. The van der Waals surface area contributed by atoms with Crippen molar-refractivity contribution in [1.29, 1.82) is 0 Å². The van der Waals surface area contributed by atoms with E-state index in [2.05, 4.69) is 31.0 Å². The number of carbonyl (C=O) groups is 1. The molecule has 0 radical (unpaired) electrons. The zero-order valence-electron chi connectivity index (χ0n) is 17.1. The fraction of sp³-hybridized carbons (Fsp3) is 0.200. The molecule has 1 aliphatic rings. The molecule has 0 spiro atoms. The molecule has 0 saturated carbocycles. The van der Waals surface area contributed by atoms with Crippen molar-refractivity contribution in [1.82, 2.24) is 30.3 Å². The number of nitrogens with one attached hydrogen (secondary N) is 1. The van der Waals surface area contributed by atoms with Gasteiger partial charge in [0.05, 0.1) is 24.3 Å². The van der Waals surface area contributed by atoms with E-state index in [0.29, 0.717) is 17.3 Å². The number of pyridine rings is 1. The van der Waals surface area contributed by atoms with Crippen LogP contribution in [0.4, 0.5) is 25.1 Å². The second-order valence-electron chi connectivity index (χ2n) is 7.22. The largest absolute Gasteiger partial charge is 0.442 e. The van der Waals surface area contributed by atoms with E-state index in [1.165, 1.54) is 28.1 Å². The van der Waals surface area contributed by atoms with Gasteiger partial charge >= 0.3 is 6.09 Å². The second-order valence-corrected chi connectivity index (χ2v) is 7.22. The van der Waals surface area contributed by atoms with E-state index in [4.69, 9.17) is 9.26 Å². The molecule has 13 heteroatoms. The highest BCUT2D eigenvalue weighted by atomic mass is 19.1. The van der Waals surface area contributed by atoms with Gasteiger partial charge in [0.15, 0.2) is 11.6 Å². The molecule has 3 aromatic heterocycles. The van der Waals surface area contributed by atoms with E-state index < -0.39 is 23.8 Å². The van der Waals surface area contributed by atoms with Gasteiger partial charge in [-0.3, -0.25) is 9.88 Å². The lowest BCUT2D eigenvalue weighted by Crippen LogP contribution is -2.27. The van der Waals surface area contributed by atoms with Crippen LogP contribution in [-0.4, -0.2) is 55.6 Å². The molecule has 1 N–H and O–H groups in total. The Balaban J connectivity index is 1.34. The molecule has 33 heavy (non-hydrogen) atoms. The molecule has 1 fully saturated rings. The summed E-state index contributed by atoms with van der Waals surface area (Å²) in [6, 6.07) is 6.89. The average molecular weight is 454 g/mol. The maximum atomic E-state index is 14.9. The number of cyclic esters (lactones) is 1. The number of amides is 1. The molecular weight excluding hydrogens is 438 g/mol. The van der Waals surface area contributed by atoms with Gasteiger partial charge in [0, 0.05) is 24.9 Å². The Morgan fingerprint density at radius 3 is 2.67 bits per heavy atom. The van der Waals surface area contributed by atoms with E-state index in [1.807, 2.05) is 0 Å². The van der Waals surface area contributed by atoms with Crippen molar-refractivity contribution in [3.8, 4) is 22.6 Å². The number of aryl methyl sites for hydroxylation is 1. The molecule has 4 aromatic rings. The normalized spacial score (nSPS) is 15.7. The van der Waals surface area contributed by atoms with Crippen LogP contribution in [0.2, 0.25) is 0 Å². The smallest absolute Gasteiger partial charge is 0.414 e. The molecule has 168 valence electrons. The first-order valence-corrected chi connectivity index (χ1v) is 9.80. The number of anilines is 2. The lowest BCUT2D eigenvalue weighted by molar-refractivity contribution is 0.147. The fourth-order valence-corrected chi connectivity index (χ4v) is 3.47. The summed E-state index contributed by atoms with van der Waals surface area (Å²) in [5, 5.41) is 17.8. The number of tetrazole rings is 1. The molecule has 1 amide bonds. The zero-order valence-corrected chi connectivity index (χ0v) is 17.1. The quantitative estimate of drug-likeness (QED) is 0.468. The number of hydrogen-bond acceptors (Lipinski definition) is 9. The van der Waals surface area contributed by atoms with Gasteiger partial charge in [-0.05, 0) is 28.6 Å². The van der Waals surface area contributed by atoms with E-state index >= 15 is 0 Å². The van der Waals surface area contributed by atoms with Gasteiger partial charge in [0.25, 0.3) is 0 Å². The SMILES string of the molecule is Cn1nnnc1-c1ccc(-c2c(F)cc(N3C[C@H](CNc4ccon4)OC3=O)cc2F)cn1. The molecule has 4 heterocycles. The van der Waals surface area contributed by atoms with Crippen LogP contribution < -0.4 is 10.2 Å². The Labute approximate surface area is 185 Å². The van der Waals surface area contributed by atoms with Gasteiger partial charge in [-0.15, -0.1) is 5.10 Å². The van der Waals surface area contributed by atoms with Gasteiger partial charge in [-0.2, -0.15) is 0 Å². The van der Waals surface area contributed by atoms with Crippen molar-refractivity contribution in [2.75, 3.05) is 23.3 Å². The summed E-state index contributed by atoms with van der Waals surface area (Å²) in [5.74, 6) is -0.771. The Morgan fingerprint density at radius 1 is 1.21 bits per heavy atom. The molecule has 1 atom stereocenters. The Hall–Kier alpha value is -4.42. The first-order valence-electron chi connectivity index (χ1n) is 9.80. The fourth-order valence-electron chi connectivity index (χ4n) is 3.47. The Bertz CT molecular complexity index is 1270. The standard InChI is InChI=1S/C20H16F2N8O3/c1-29-19(25-27-28-29)16-3-2-11(8-23-16)18-14(21)6-12(7-15(18)22)30-10-13(33-20(30)31)9-24-17-4-5-32-26-17/h2-8,13H,9-10H2,1H3,(H,24,26)/t13-/m0/s1. The summed E-state index contributed by atoms with van der Waals surface area (Å²) in [5.41, 5.74) is 0.478. The van der Waals surface area contributed by atoms with Crippen LogP contribution in [-0.2, 0) is 11.8 Å². The molecule has 0 unspecified atom stereocenters. The van der Waals surface area contributed by atoms with E-state index in [0.717, 1.165) is 12.1 Å². The summed E-state index contributed by atoms with van der Waals surface area (Å²) < 4.78 is 41.3. The van der Waals surface area contributed by atoms with Crippen molar-refractivity contribution in [3.63, 3.8) is 0 Å². The number of nitrogens with zero attached hydrogens (tertiary/aromatic N) is 7.